The van der Waals surface area contributed by atoms with E-state index < -0.39 is 12.0 Å². The number of anilines is 1. The summed E-state index contributed by atoms with van der Waals surface area (Å²) in [6.45, 7) is 2.41. The molecule has 0 bridgehead atoms. The van der Waals surface area contributed by atoms with E-state index in [1.807, 2.05) is 34.1 Å². The molecule has 7 nitrogen and oxygen atoms in total. The topological polar surface area (TPSA) is 96.2 Å². The molecule has 27 heavy (non-hydrogen) atoms. The fourth-order valence-electron chi connectivity index (χ4n) is 3.73. The Balaban J connectivity index is 1.57. The lowest BCUT2D eigenvalue weighted by Crippen LogP contribution is -2.49. The molecular weight excluding hydrogens is 342 g/mol. The number of H-pyrrole nitrogens is 1. The van der Waals surface area contributed by atoms with Crippen molar-refractivity contribution >= 4 is 22.7 Å². The highest BCUT2D eigenvalue weighted by Crippen LogP contribution is 2.30. The second-order valence-electron chi connectivity index (χ2n) is 6.54. The third-order valence-electron chi connectivity index (χ3n) is 5.04. The number of nitrogens with zero attached hydrogens (tertiary/aromatic N) is 4. The van der Waals surface area contributed by atoms with Crippen LogP contribution < -0.4 is 4.90 Å². The molecule has 0 aliphatic carbocycles. The Hall–Kier alpha value is -3.37. The summed E-state index contributed by atoms with van der Waals surface area (Å²) in [5, 5.41) is 20.1. The molecule has 0 saturated carbocycles. The van der Waals surface area contributed by atoms with Crippen molar-refractivity contribution in [2.24, 2.45) is 0 Å². The number of aromatic amines is 1. The highest BCUT2D eigenvalue weighted by atomic mass is 16.4. The molecule has 2 N–H and O–H groups in total. The van der Waals surface area contributed by atoms with E-state index >= 15 is 0 Å². The highest BCUT2D eigenvalue weighted by molar-refractivity contribution is 5.89. The molecule has 3 heterocycles. The first-order chi connectivity index (χ1) is 13.2. The molecule has 1 aliphatic heterocycles. The molecule has 1 fully saturated rings. The molecular formula is C20H19N5O2. The number of carboxylic acids is 1. The predicted octanol–water partition coefficient (Wildman–Crippen LogP) is 2.38. The van der Waals surface area contributed by atoms with Gasteiger partial charge in [-0.25, -0.2) is 4.98 Å². The number of aliphatic carboxylic acids is 1. The standard InChI is InChI=1S/C20H19N5O2/c21-12-14-4-3-7-22-19(14)25-10-8-24(9-11-25)18(20(26)27)16-13-23-17-6-2-1-5-15(16)17/h1-7,13,18,23H,8-11H2,(H,26,27)/t18-/m0/s1. The van der Waals surface area contributed by atoms with Crippen molar-refractivity contribution in [2.45, 2.75) is 6.04 Å². The van der Waals surface area contributed by atoms with Crippen LogP contribution in [0.4, 0.5) is 5.82 Å². The molecule has 0 radical (unpaired) electrons. The van der Waals surface area contributed by atoms with Crippen molar-refractivity contribution in [2.75, 3.05) is 31.1 Å². The minimum absolute atomic E-state index is 0.539. The maximum atomic E-state index is 12.1. The number of pyridine rings is 1. The summed E-state index contributed by atoms with van der Waals surface area (Å²) in [4.78, 5) is 23.6. The Morgan fingerprint density at radius 1 is 1.19 bits per heavy atom. The number of carboxylic acid groups (broad SMARTS) is 1. The van der Waals surface area contributed by atoms with Gasteiger partial charge in [-0.1, -0.05) is 18.2 Å². The SMILES string of the molecule is N#Cc1cccnc1N1CCN([C@H](C(=O)O)c2c[nH]c3ccccc23)CC1. The smallest absolute Gasteiger partial charge is 0.325 e. The zero-order chi connectivity index (χ0) is 18.8. The Morgan fingerprint density at radius 3 is 2.70 bits per heavy atom. The van der Waals surface area contributed by atoms with Gasteiger partial charge in [-0.05, 0) is 18.2 Å². The first-order valence-corrected chi connectivity index (χ1v) is 8.82. The van der Waals surface area contributed by atoms with E-state index in [0.717, 1.165) is 16.5 Å². The predicted molar refractivity (Wildman–Crippen MR) is 101 cm³/mol. The van der Waals surface area contributed by atoms with Gasteiger partial charge < -0.3 is 15.0 Å². The molecule has 1 aromatic carbocycles. The highest BCUT2D eigenvalue weighted by Gasteiger charge is 2.32. The van der Waals surface area contributed by atoms with Gasteiger partial charge in [0.2, 0.25) is 0 Å². The van der Waals surface area contributed by atoms with Crippen molar-refractivity contribution in [1.82, 2.24) is 14.9 Å². The average Bonchev–Trinajstić information content (AvgIpc) is 3.12. The quantitative estimate of drug-likeness (QED) is 0.741. The lowest BCUT2D eigenvalue weighted by molar-refractivity contribution is -0.143. The second-order valence-corrected chi connectivity index (χ2v) is 6.54. The van der Waals surface area contributed by atoms with Crippen LogP contribution in [0.25, 0.3) is 10.9 Å². The maximum Gasteiger partial charge on any atom is 0.325 e. The third kappa shape index (κ3) is 3.11. The summed E-state index contributed by atoms with van der Waals surface area (Å²) < 4.78 is 0. The van der Waals surface area contributed by atoms with Crippen LogP contribution >= 0.6 is 0 Å². The molecule has 136 valence electrons. The van der Waals surface area contributed by atoms with Crippen LogP contribution in [0.3, 0.4) is 0 Å². The van der Waals surface area contributed by atoms with Crippen molar-refractivity contribution in [3.05, 3.63) is 59.9 Å². The fourth-order valence-corrected chi connectivity index (χ4v) is 3.73. The summed E-state index contributed by atoms with van der Waals surface area (Å²) in [7, 11) is 0. The van der Waals surface area contributed by atoms with Gasteiger partial charge in [0.25, 0.3) is 0 Å². The number of piperazine rings is 1. The third-order valence-corrected chi connectivity index (χ3v) is 5.04. The van der Waals surface area contributed by atoms with Gasteiger partial charge in [0.05, 0.1) is 5.56 Å². The van der Waals surface area contributed by atoms with Crippen molar-refractivity contribution in [3.8, 4) is 6.07 Å². The molecule has 2 aromatic heterocycles. The molecule has 1 saturated heterocycles. The number of hydrogen-bond donors (Lipinski definition) is 2. The summed E-state index contributed by atoms with van der Waals surface area (Å²) in [5.41, 5.74) is 2.25. The zero-order valence-corrected chi connectivity index (χ0v) is 14.7. The van der Waals surface area contributed by atoms with E-state index in [-0.39, 0.29) is 0 Å². The number of hydrogen-bond acceptors (Lipinski definition) is 5. The lowest BCUT2D eigenvalue weighted by atomic mass is 10.0. The number of nitrogens with one attached hydrogen (secondary N) is 1. The van der Waals surface area contributed by atoms with Gasteiger partial charge in [-0.3, -0.25) is 9.69 Å². The monoisotopic (exact) mass is 361 g/mol. The van der Waals surface area contributed by atoms with Gasteiger partial charge in [0.1, 0.15) is 17.9 Å². The Labute approximate surface area is 156 Å². The zero-order valence-electron chi connectivity index (χ0n) is 14.7. The van der Waals surface area contributed by atoms with Crippen LogP contribution in [0.15, 0.2) is 48.8 Å². The van der Waals surface area contributed by atoms with Gasteiger partial charge in [0, 0.05) is 55.0 Å². The average molecular weight is 361 g/mol. The molecule has 4 rings (SSSR count). The molecule has 1 aliphatic rings. The van der Waals surface area contributed by atoms with E-state index in [1.165, 1.54) is 0 Å². The molecule has 3 aromatic rings. The van der Waals surface area contributed by atoms with Crippen molar-refractivity contribution < 1.29 is 9.90 Å². The second kappa shape index (κ2) is 7.09. The summed E-state index contributed by atoms with van der Waals surface area (Å²) in [6.07, 6.45) is 3.47. The van der Waals surface area contributed by atoms with Crippen LogP contribution in [0.5, 0.6) is 0 Å². The maximum absolute atomic E-state index is 12.1. The summed E-state index contributed by atoms with van der Waals surface area (Å²) in [5.74, 6) is -0.192. The van der Waals surface area contributed by atoms with Gasteiger partial charge in [-0.2, -0.15) is 5.26 Å². The van der Waals surface area contributed by atoms with E-state index in [2.05, 4.69) is 16.0 Å². The van der Waals surface area contributed by atoms with Crippen LogP contribution in [-0.4, -0.2) is 52.1 Å². The molecule has 7 heteroatoms. The van der Waals surface area contributed by atoms with E-state index in [0.29, 0.717) is 37.6 Å². The van der Waals surface area contributed by atoms with Crippen LogP contribution in [0.1, 0.15) is 17.2 Å². The van der Waals surface area contributed by atoms with Crippen LogP contribution in [-0.2, 0) is 4.79 Å². The molecule has 0 amide bonds. The largest absolute Gasteiger partial charge is 0.480 e. The lowest BCUT2D eigenvalue weighted by Gasteiger charge is -2.38. The van der Waals surface area contributed by atoms with E-state index in [1.54, 1.807) is 24.5 Å². The first-order valence-electron chi connectivity index (χ1n) is 8.82. The minimum atomic E-state index is -0.858. The number of benzene rings is 1. The molecule has 0 unspecified atom stereocenters. The van der Waals surface area contributed by atoms with Gasteiger partial charge in [-0.15, -0.1) is 0 Å². The fraction of sp³-hybridized carbons (Fsp3) is 0.250. The van der Waals surface area contributed by atoms with Gasteiger partial charge in [0.15, 0.2) is 0 Å². The van der Waals surface area contributed by atoms with Gasteiger partial charge >= 0.3 is 5.97 Å². The Morgan fingerprint density at radius 2 is 1.96 bits per heavy atom. The number of carbonyl (C=O) groups is 1. The Kier molecular flexibility index (Phi) is 4.48. The number of para-hydroxylation sites is 1. The first kappa shape index (κ1) is 17.1. The van der Waals surface area contributed by atoms with Crippen molar-refractivity contribution in [1.29, 1.82) is 5.26 Å². The number of nitriles is 1. The molecule has 0 spiro atoms. The van der Waals surface area contributed by atoms with Crippen LogP contribution in [0.2, 0.25) is 0 Å². The normalized spacial score (nSPS) is 16.2. The number of fused-ring (bicyclic) bond motifs is 1. The number of aromatic nitrogens is 2. The van der Waals surface area contributed by atoms with Crippen LogP contribution in [0, 0.1) is 11.3 Å². The number of rotatable bonds is 4. The molecule has 1 atom stereocenters. The van der Waals surface area contributed by atoms with Crippen molar-refractivity contribution in [3.63, 3.8) is 0 Å². The summed E-state index contributed by atoms with van der Waals surface area (Å²) in [6, 6.07) is 12.7. The minimum Gasteiger partial charge on any atom is -0.480 e. The Bertz CT molecular complexity index is 1010. The van der Waals surface area contributed by atoms with E-state index in [9.17, 15) is 15.2 Å². The summed E-state index contributed by atoms with van der Waals surface area (Å²) >= 11 is 0. The van der Waals surface area contributed by atoms with E-state index in [4.69, 9.17) is 0 Å².